The fraction of sp³-hybridized carbons (Fsp3) is 0.421. The fourth-order valence-corrected chi connectivity index (χ4v) is 3.59. The van der Waals surface area contributed by atoms with Crippen LogP contribution in [-0.2, 0) is 26.2 Å². The smallest absolute Gasteiger partial charge is 0.303 e. The number of sulfonamides is 1. The largest absolute Gasteiger partial charge is 0.458 e. The maximum atomic E-state index is 13.3. The molecule has 0 saturated carbocycles. The summed E-state index contributed by atoms with van der Waals surface area (Å²) in [5.74, 6) is -0.365. The molecule has 6 nitrogen and oxygen atoms in total. The molecule has 0 aliphatic carbocycles. The molecule has 0 spiro atoms. The summed E-state index contributed by atoms with van der Waals surface area (Å²) >= 11 is 0. The number of unbranched alkanes of at least 4 members (excludes halogenated alkanes) is 1. The standard InChI is InChI=1S/C19H24FNO5S/c1-5-6-11-21(27(4,23)24)19-18(15-7-9-16(20)10-8-15)13(2)17(26-19)12-25-14(3)22/h7-10H,5-6,11-12H2,1-4H3. The molecule has 2 aromatic rings. The minimum Gasteiger partial charge on any atom is -0.458 e. The van der Waals surface area contributed by atoms with E-state index in [4.69, 9.17) is 9.15 Å². The second-order valence-corrected chi connectivity index (χ2v) is 8.21. The Bertz CT molecular complexity index is 903. The van der Waals surface area contributed by atoms with E-state index in [9.17, 15) is 17.6 Å². The Kier molecular flexibility index (Phi) is 6.64. The molecule has 0 aliphatic heterocycles. The number of carbonyl (C=O) groups excluding carboxylic acids is 1. The van der Waals surface area contributed by atoms with E-state index >= 15 is 0 Å². The number of esters is 1. The number of nitrogens with zero attached hydrogens (tertiary/aromatic N) is 1. The molecule has 0 bridgehead atoms. The van der Waals surface area contributed by atoms with Gasteiger partial charge in [-0.25, -0.2) is 17.1 Å². The van der Waals surface area contributed by atoms with Gasteiger partial charge in [0.05, 0.1) is 6.26 Å². The molecule has 0 radical (unpaired) electrons. The highest BCUT2D eigenvalue weighted by Crippen LogP contribution is 2.40. The second-order valence-electron chi connectivity index (χ2n) is 6.31. The van der Waals surface area contributed by atoms with Crippen LogP contribution < -0.4 is 4.31 Å². The van der Waals surface area contributed by atoms with Crippen molar-refractivity contribution < 1.29 is 26.8 Å². The minimum atomic E-state index is -3.61. The molecule has 2 rings (SSSR count). The van der Waals surface area contributed by atoms with Gasteiger partial charge in [0.1, 0.15) is 18.2 Å². The summed E-state index contributed by atoms with van der Waals surface area (Å²) in [7, 11) is -3.61. The normalized spacial score (nSPS) is 11.4. The number of ether oxygens (including phenoxy) is 1. The van der Waals surface area contributed by atoms with E-state index in [1.807, 2.05) is 6.92 Å². The lowest BCUT2D eigenvalue weighted by Gasteiger charge is -2.21. The van der Waals surface area contributed by atoms with E-state index in [0.717, 1.165) is 12.7 Å². The zero-order valence-electron chi connectivity index (χ0n) is 15.9. The average Bonchev–Trinajstić information content (AvgIpc) is 2.89. The van der Waals surface area contributed by atoms with Crippen molar-refractivity contribution in [3.05, 3.63) is 41.4 Å². The summed E-state index contributed by atoms with van der Waals surface area (Å²) in [5.41, 5.74) is 1.80. The van der Waals surface area contributed by atoms with E-state index in [1.54, 1.807) is 19.1 Å². The van der Waals surface area contributed by atoms with Crippen molar-refractivity contribution in [3.63, 3.8) is 0 Å². The van der Waals surface area contributed by atoms with Crippen LogP contribution in [0.15, 0.2) is 28.7 Å². The molecule has 0 aliphatic rings. The first-order valence-corrected chi connectivity index (χ1v) is 10.5. The molecule has 27 heavy (non-hydrogen) atoms. The highest BCUT2D eigenvalue weighted by molar-refractivity contribution is 7.92. The van der Waals surface area contributed by atoms with Crippen LogP contribution in [0.5, 0.6) is 0 Å². The van der Waals surface area contributed by atoms with Gasteiger partial charge in [-0.2, -0.15) is 0 Å². The van der Waals surface area contributed by atoms with Crippen LogP contribution in [0.3, 0.4) is 0 Å². The van der Waals surface area contributed by atoms with E-state index in [2.05, 4.69) is 0 Å². The molecular formula is C19H24FNO5S. The number of rotatable bonds is 8. The molecule has 0 N–H and O–H groups in total. The lowest BCUT2D eigenvalue weighted by molar-refractivity contribution is -0.142. The Hall–Kier alpha value is -2.35. The SMILES string of the molecule is CCCCN(c1oc(COC(C)=O)c(C)c1-c1ccc(F)cc1)S(C)(=O)=O. The first kappa shape index (κ1) is 21.0. The van der Waals surface area contributed by atoms with Crippen LogP contribution >= 0.6 is 0 Å². The van der Waals surface area contributed by atoms with Gasteiger partial charge in [-0.1, -0.05) is 25.5 Å². The highest BCUT2D eigenvalue weighted by Gasteiger charge is 2.28. The van der Waals surface area contributed by atoms with Gasteiger partial charge in [0.25, 0.3) is 0 Å². The summed E-state index contributed by atoms with van der Waals surface area (Å²) < 4.78 is 50.2. The summed E-state index contributed by atoms with van der Waals surface area (Å²) in [6.45, 7) is 5.14. The van der Waals surface area contributed by atoms with Crippen LogP contribution in [0, 0.1) is 12.7 Å². The van der Waals surface area contributed by atoms with Crippen molar-refractivity contribution in [1.82, 2.24) is 0 Å². The van der Waals surface area contributed by atoms with Crippen molar-refractivity contribution in [3.8, 4) is 11.1 Å². The monoisotopic (exact) mass is 397 g/mol. The summed E-state index contributed by atoms with van der Waals surface area (Å²) in [4.78, 5) is 11.2. The molecular weight excluding hydrogens is 373 g/mol. The molecule has 0 amide bonds. The number of anilines is 1. The van der Waals surface area contributed by atoms with Crippen molar-refractivity contribution in [2.75, 3.05) is 17.1 Å². The molecule has 0 unspecified atom stereocenters. The van der Waals surface area contributed by atoms with Gasteiger partial charge in [-0.3, -0.25) is 4.79 Å². The van der Waals surface area contributed by atoms with Gasteiger partial charge >= 0.3 is 5.97 Å². The number of hydrogen-bond acceptors (Lipinski definition) is 5. The van der Waals surface area contributed by atoms with Crippen molar-refractivity contribution >= 4 is 21.9 Å². The van der Waals surface area contributed by atoms with Crippen LogP contribution in [-0.4, -0.2) is 27.2 Å². The lowest BCUT2D eigenvalue weighted by Crippen LogP contribution is -2.30. The summed E-state index contributed by atoms with van der Waals surface area (Å²) in [5, 5.41) is 0. The second kappa shape index (κ2) is 8.56. The summed E-state index contributed by atoms with van der Waals surface area (Å²) in [6.07, 6.45) is 2.56. The van der Waals surface area contributed by atoms with Crippen LogP contribution in [0.4, 0.5) is 10.3 Å². The zero-order valence-corrected chi connectivity index (χ0v) is 16.7. The number of halogens is 1. The van der Waals surface area contributed by atoms with Crippen molar-refractivity contribution in [2.45, 2.75) is 40.2 Å². The van der Waals surface area contributed by atoms with Crippen LogP contribution in [0.1, 0.15) is 38.0 Å². The number of benzene rings is 1. The predicted molar refractivity (Wildman–Crippen MR) is 101 cm³/mol. The van der Waals surface area contributed by atoms with Gasteiger partial charge < -0.3 is 9.15 Å². The topological polar surface area (TPSA) is 76.8 Å². The van der Waals surface area contributed by atoms with E-state index < -0.39 is 21.8 Å². The lowest BCUT2D eigenvalue weighted by atomic mass is 10.0. The van der Waals surface area contributed by atoms with Gasteiger partial charge in [0.2, 0.25) is 15.9 Å². The number of furan rings is 1. The van der Waals surface area contributed by atoms with E-state index in [1.165, 1.54) is 23.4 Å². The Morgan fingerprint density at radius 1 is 1.26 bits per heavy atom. The van der Waals surface area contributed by atoms with Gasteiger partial charge in [0, 0.05) is 24.6 Å². The third-order valence-corrected chi connectivity index (χ3v) is 5.26. The third kappa shape index (κ3) is 5.09. The third-order valence-electron chi connectivity index (χ3n) is 4.11. The maximum Gasteiger partial charge on any atom is 0.303 e. The Morgan fingerprint density at radius 2 is 1.89 bits per heavy atom. The molecule has 0 saturated heterocycles. The van der Waals surface area contributed by atoms with Crippen LogP contribution in [0.2, 0.25) is 0 Å². The predicted octanol–water partition coefficient (Wildman–Crippen LogP) is 4.02. The highest BCUT2D eigenvalue weighted by atomic mass is 32.2. The Balaban J connectivity index is 2.63. The van der Waals surface area contributed by atoms with Gasteiger partial charge in [-0.05, 0) is 31.0 Å². The van der Waals surface area contributed by atoms with Crippen molar-refractivity contribution in [2.24, 2.45) is 0 Å². The maximum absolute atomic E-state index is 13.3. The van der Waals surface area contributed by atoms with E-state index in [0.29, 0.717) is 28.9 Å². The minimum absolute atomic E-state index is 0.110. The average molecular weight is 397 g/mol. The number of carbonyl (C=O) groups is 1. The van der Waals surface area contributed by atoms with Crippen LogP contribution in [0.25, 0.3) is 11.1 Å². The van der Waals surface area contributed by atoms with Crippen molar-refractivity contribution in [1.29, 1.82) is 0 Å². The fourth-order valence-electron chi connectivity index (χ4n) is 2.70. The molecule has 1 aromatic heterocycles. The summed E-state index contributed by atoms with van der Waals surface area (Å²) in [6, 6.07) is 5.72. The molecule has 8 heteroatoms. The quantitative estimate of drug-likeness (QED) is 0.629. The Labute approximate surface area is 159 Å². The zero-order chi connectivity index (χ0) is 20.2. The molecule has 0 atom stereocenters. The molecule has 1 aromatic carbocycles. The molecule has 148 valence electrons. The first-order valence-electron chi connectivity index (χ1n) is 8.64. The first-order chi connectivity index (χ1) is 12.6. The number of hydrogen-bond donors (Lipinski definition) is 0. The van der Waals surface area contributed by atoms with Gasteiger partial charge in [0.15, 0.2) is 0 Å². The molecule has 1 heterocycles. The Morgan fingerprint density at radius 3 is 2.41 bits per heavy atom. The molecule has 0 fully saturated rings. The van der Waals surface area contributed by atoms with E-state index in [-0.39, 0.29) is 19.0 Å². The van der Waals surface area contributed by atoms with Gasteiger partial charge in [-0.15, -0.1) is 0 Å².